The number of para-hydroxylation sites is 1. The fourth-order valence-corrected chi connectivity index (χ4v) is 3.10. The molecule has 0 radical (unpaired) electrons. The Morgan fingerprint density at radius 3 is 2.39 bits per heavy atom. The molecule has 0 fully saturated rings. The summed E-state index contributed by atoms with van der Waals surface area (Å²) in [5.41, 5.74) is 0.677. The molecule has 1 N–H and O–H groups in total. The second kappa shape index (κ2) is 9.65. The van der Waals surface area contributed by atoms with Crippen LogP contribution >= 0.6 is 11.8 Å². The van der Waals surface area contributed by atoms with Gasteiger partial charge in [-0.3, -0.25) is 24.5 Å². The SMILES string of the molecule is CC(=O)c1ccccc1NC(=O)COC(=O)[C@@H](C)Sc1ccc([N+](=O)[O-])cc1. The summed E-state index contributed by atoms with van der Waals surface area (Å²) >= 11 is 1.16. The number of amides is 1. The topological polar surface area (TPSA) is 116 Å². The third-order valence-corrected chi connectivity index (χ3v) is 4.71. The highest BCUT2D eigenvalue weighted by Gasteiger charge is 2.18. The van der Waals surface area contributed by atoms with Gasteiger partial charge in [0.2, 0.25) is 0 Å². The molecular weight excluding hydrogens is 384 g/mol. The summed E-state index contributed by atoms with van der Waals surface area (Å²) in [6, 6.07) is 12.3. The molecule has 0 saturated carbocycles. The number of rotatable bonds is 8. The van der Waals surface area contributed by atoms with E-state index in [9.17, 15) is 24.5 Å². The average Bonchev–Trinajstić information content (AvgIpc) is 2.66. The molecule has 0 aliphatic rings. The van der Waals surface area contributed by atoms with E-state index in [1.807, 2.05) is 0 Å². The number of nitro groups is 1. The lowest BCUT2D eigenvalue weighted by Gasteiger charge is -2.12. The molecule has 0 spiro atoms. The van der Waals surface area contributed by atoms with Crippen molar-refractivity contribution in [3.05, 3.63) is 64.2 Å². The summed E-state index contributed by atoms with van der Waals surface area (Å²) in [5, 5.41) is 12.6. The first-order valence-corrected chi connectivity index (χ1v) is 9.13. The second-order valence-electron chi connectivity index (χ2n) is 5.77. The molecule has 0 saturated heterocycles. The molecule has 0 aliphatic carbocycles. The van der Waals surface area contributed by atoms with Crippen molar-refractivity contribution in [1.82, 2.24) is 0 Å². The highest BCUT2D eigenvalue weighted by atomic mass is 32.2. The first-order valence-electron chi connectivity index (χ1n) is 8.25. The minimum absolute atomic E-state index is 0.0397. The van der Waals surface area contributed by atoms with Gasteiger partial charge in [-0.1, -0.05) is 12.1 Å². The molecule has 2 aromatic rings. The molecule has 0 unspecified atom stereocenters. The number of nitrogens with one attached hydrogen (secondary N) is 1. The number of carbonyl (C=O) groups excluding carboxylic acids is 3. The molecule has 2 aromatic carbocycles. The lowest BCUT2D eigenvalue weighted by atomic mass is 10.1. The van der Waals surface area contributed by atoms with Gasteiger partial charge in [0.15, 0.2) is 12.4 Å². The van der Waals surface area contributed by atoms with Crippen LogP contribution in [-0.2, 0) is 14.3 Å². The van der Waals surface area contributed by atoms with E-state index in [1.165, 1.54) is 31.2 Å². The average molecular weight is 402 g/mol. The molecule has 0 aromatic heterocycles. The Bertz CT molecular complexity index is 898. The molecule has 9 heteroatoms. The molecular formula is C19H18N2O6S. The number of esters is 1. The van der Waals surface area contributed by atoms with Crippen LogP contribution < -0.4 is 5.32 Å². The Hall–Kier alpha value is -3.20. The van der Waals surface area contributed by atoms with Crippen LogP contribution in [0.3, 0.4) is 0 Å². The van der Waals surface area contributed by atoms with Crippen molar-refractivity contribution in [1.29, 1.82) is 0 Å². The maximum Gasteiger partial charge on any atom is 0.319 e. The van der Waals surface area contributed by atoms with Gasteiger partial charge in [0.05, 0.1) is 10.6 Å². The normalized spacial score (nSPS) is 11.4. The smallest absolute Gasteiger partial charge is 0.319 e. The fourth-order valence-electron chi connectivity index (χ4n) is 2.24. The van der Waals surface area contributed by atoms with Crippen LogP contribution in [0.4, 0.5) is 11.4 Å². The predicted molar refractivity (Wildman–Crippen MR) is 104 cm³/mol. The zero-order chi connectivity index (χ0) is 20.7. The second-order valence-corrected chi connectivity index (χ2v) is 7.18. The Morgan fingerprint density at radius 1 is 1.14 bits per heavy atom. The van der Waals surface area contributed by atoms with Crippen LogP contribution in [0, 0.1) is 10.1 Å². The molecule has 0 aliphatic heterocycles. The van der Waals surface area contributed by atoms with Crippen molar-refractivity contribution in [3.8, 4) is 0 Å². The van der Waals surface area contributed by atoms with E-state index in [0.29, 0.717) is 16.1 Å². The summed E-state index contributed by atoms with van der Waals surface area (Å²) in [4.78, 5) is 46.4. The summed E-state index contributed by atoms with van der Waals surface area (Å²) in [7, 11) is 0. The van der Waals surface area contributed by atoms with E-state index >= 15 is 0 Å². The molecule has 0 bridgehead atoms. The maximum absolute atomic E-state index is 12.1. The van der Waals surface area contributed by atoms with E-state index in [0.717, 1.165) is 11.8 Å². The molecule has 0 heterocycles. The molecule has 28 heavy (non-hydrogen) atoms. The number of hydrogen-bond donors (Lipinski definition) is 1. The van der Waals surface area contributed by atoms with Crippen molar-refractivity contribution < 1.29 is 24.0 Å². The molecule has 1 atom stereocenters. The summed E-state index contributed by atoms with van der Waals surface area (Å²) in [5.74, 6) is -1.35. The molecule has 8 nitrogen and oxygen atoms in total. The Balaban J connectivity index is 1.86. The summed E-state index contributed by atoms with van der Waals surface area (Å²) < 4.78 is 5.01. The van der Waals surface area contributed by atoms with Gasteiger partial charge in [-0.15, -0.1) is 11.8 Å². The van der Waals surface area contributed by atoms with Gasteiger partial charge in [0.1, 0.15) is 5.25 Å². The zero-order valence-electron chi connectivity index (χ0n) is 15.2. The molecule has 2 rings (SSSR count). The highest BCUT2D eigenvalue weighted by molar-refractivity contribution is 8.00. The van der Waals surface area contributed by atoms with Crippen molar-refractivity contribution in [2.24, 2.45) is 0 Å². The minimum atomic E-state index is -0.612. The quantitative estimate of drug-likeness (QED) is 0.236. The number of nitrogens with zero attached hydrogens (tertiary/aromatic N) is 1. The van der Waals surface area contributed by atoms with E-state index < -0.39 is 28.7 Å². The van der Waals surface area contributed by atoms with Crippen LogP contribution in [0.2, 0.25) is 0 Å². The van der Waals surface area contributed by atoms with Crippen molar-refractivity contribution in [2.45, 2.75) is 24.0 Å². The molecule has 1 amide bonds. The Morgan fingerprint density at radius 2 is 1.79 bits per heavy atom. The number of thioether (sulfide) groups is 1. The van der Waals surface area contributed by atoms with Crippen LogP contribution in [0.5, 0.6) is 0 Å². The van der Waals surface area contributed by atoms with Gasteiger partial charge < -0.3 is 10.1 Å². The summed E-state index contributed by atoms with van der Waals surface area (Å²) in [6.07, 6.45) is 0. The van der Waals surface area contributed by atoms with E-state index in [2.05, 4.69) is 5.32 Å². The molecule has 146 valence electrons. The number of non-ortho nitro benzene ring substituents is 1. The third-order valence-electron chi connectivity index (χ3n) is 3.62. The summed E-state index contributed by atoms with van der Waals surface area (Å²) in [6.45, 7) is 2.51. The van der Waals surface area contributed by atoms with E-state index in [4.69, 9.17) is 4.74 Å². The standard InChI is InChI=1S/C19H18N2O6S/c1-12(22)16-5-3-4-6-17(16)20-18(23)11-27-19(24)13(2)28-15-9-7-14(8-10-15)21(25)26/h3-10,13H,11H2,1-2H3,(H,20,23)/t13-/m1/s1. The van der Waals surface area contributed by atoms with E-state index in [1.54, 1.807) is 31.2 Å². The first-order chi connectivity index (χ1) is 13.3. The minimum Gasteiger partial charge on any atom is -0.455 e. The van der Waals surface area contributed by atoms with Crippen molar-refractivity contribution in [3.63, 3.8) is 0 Å². The number of ketones is 1. The largest absolute Gasteiger partial charge is 0.455 e. The zero-order valence-corrected chi connectivity index (χ0v) is 16.0. The van der Waals surface area contributed by atoms with Gasteiger partial charge in [0, 0.05) is 22.6 Å². The van der Waals surface area contributed by atoms with Gasteiger partial charge in [-0.25, -0.2) is 0 Å². The third kappa shape index (κ3) is 5.92. The van der Waals surface area contributed by atoms with Gasteiger partial charge in [0.25, 0.3) is 11.6 Å². The number of anilines is 1. The van der Waals surface area contributed by atoms with Crippen LogP contribution in [-0.4, -0.2) is 34.4 Å². The van der Waals surface area contributed by atoms with Crippen LogP contribution in [0.25, 0.3) is 0 Å². The maximum atomic E-state index is 12.1. The highest BCUT2D eigenvalue weighted by Crippen LogP contribution is 2.26. The Kier molecular flexibility index (Phi) is 7.28. The number of nitro benzene ring substituents is 1. The predicted octanol–water partition coefficient (Wildman–Crippen LogP) is 3.46. The van der Waals surface area contributed by atoms with Gasteiger partial charge in [-0.05, 0) is 38.1 Å². The van der Waals surface area contributed by atoms with Crippen molar-refractivity contribution in [2.75, 3.05) is 11.9 Å². The van der Waals surface area contributed by atoms with Gasteiger partial charge in [-0.2, -0.15) is 0 Å². The number of carbonyl (C=O) groups is 3. The number of benzene rings is 2. The number of ether oxygens (including phenoxy) is 1. The monoisotopic (exact) mass is 402 g/mol. The first kappa shape index (κ1) is 21.1. The van der Waals surface area contributed by atoms with Gasteiger partial charge >= 0.3 is 5.97 Å². The number of hydrogen-bond acceptors (Lipinski definition) is 7. The fraction of sp³-hybridized carbons (Fsp3) is 0.211. The lowest BCUT2D eigenvalue weighted by Crippen LogP contribution is -2.25. The van der Waals surface area contributed by atoms with E-state index in [-0.39, 0.29) is 11.5 Å². The van der Waals surface area contributed by atoms with Crippen molar-refractivity contribution >= 4 is 40.8 Å². The lowest BCUT2D eigenvalue weighted by molar-refractivity contribution is -0.384. The number of Topliss-reactive ketones (excluding diaryl/α,β-unsaturated/α-hetero) is 1. The van der Waals surface area contributed by atoms with Crippen LogP contribution in [0.15, 0.2) is 53.4 Å². The van der Waals surface area contributed by atoms with Crippen LogP contribution in [0.1, 0.15) is 24.2 Å². The Labute approximate surface area is 165 Å².